The number of nitro benzene ring substituents is 1. The van der Waals surface area contributed by atoms with Gasteiger partial charge in [0.25, 0.3) is 5.69 Å². The Labute approximate surface area is 112 Å². The lowest BCUT2D eigenvalue weighted by atomic mass is 10.1. The standard InChI is InChI=1S/C13H9N3O2S/c17-16(18)11-5-3-4-10(8-11)12-9-19-13(14-12)15-6-1-2-7-15/h1-9H. The van der Waals surface area contributed by atoms with Crippen LogP contribution < -0.4 is 0 Å². The molecule has 0 bridgehead atoms. The van der Waals surface area contributed by atoms with Gasteiger partial charge in [-0.05, 0) is 12.1 Å². The molecule has 0 N–H and O–H groups in total. The molecule has 0 aliphatic carbocycles. The Kier molecular flexibility index (Phi) is 2.85. The van der Waals surface area contributed by atoms with Crippen LogP contribution in [-0.4, -0.2) is 14.5 Å². The molecule has 2 heterocycles. The van der Waals surface area contributed by atoms with Crippen molar-refractivity contribution in [1.29, 1.82) is 0 Å². The fourth-order valence-electron chi connectivity index (χ4n) is 1.76. The quantitative estimate of drug-likeness (QED) is 0.541. The number of hydrogen-bond acceptors (Lipinski definition) is 4. The van der Waals surface area contributed by atoms with E-state index in [1.165, 1.54) is 23.5 Å². The number of rotatable bonds is 3. The predicted molar refractivity (Wildman–Crippen MR) is 73.5 cm³/mol. The number of nitro groups is 1. The van der Waals surface area contributed by atoms with Crippen molar-refractivity contribution in [2.24, 2.45) is 0 Å². The molecule has 94 valence electrons. The molecule has 0 radical (unpaired) electrons. The lowest BCUT2D eigenvalue weighted by Crippen LogP contribution is -1.90. The van der Waals surface area contributed by atoms with Crippen LogP contribution in [0.15, 0.2) is 54.2 Å². The first kappa shape index (κ1) is 11.6. The topological polar surface area (TPSA) is 61.0 Å². The summed E-state index contributed by atoms with van der Waals surface area (Å²) in [6, 6.07) is 10.4. The Balaban J connectivity index is 1.99. The van der Waals surface area contributed by atoms with Crippen molar-refractivity contribution < 1.29 is 4.92 Å². The van der Waals surface area contributed by atoms with Crippen LogP contribution in [0.4, 0.5) is 5.69 Å². The van der Waals surface area contributed by atoms with E-state index >= 15 is 0 Å². The fraction of sp³-hybridized carbons (Fsp3) is 0. The van der Waals surface area contributed by atoms with Gasteiger partial charge in [-0.3, -0.25) is 10.1 Å². The van der Waals surface area contributed by atoms with Crippen molar-refractivity contribution in [3.05, 3.63) is 64.3 Å². The summed E-state index contributed by atoms with van der Waals surface area (Å²) in [6.07, 6.45) is 3.83. The lowest BCUT2D eigenvalue weighted by molar-refractivity contribution is -0.384. The monoisotopic (exact) mass is 271 g/mol. The normalized spacial score (nSPS) is 10.5. The summed E-state index contributed by atoms with van der Waals surface area (Å²) < 4.78 is 1.91. The smallest absolute Gasteiger partial charge is 0.270 e. The first-order valence-corrected chi connectivity index (χ1v) is 6.46. The minimum atomic E-state index is -0.400. The molecule has 3 aromatic rings. The summed E-state index contributed by atoms with van der Waals surface area (Å²) in [5.41, 5.74) is 1.58. The minimum Gasteiger partial charge on any atom is -0.300 e. The van der Waals surface area contributed by atoms with Gasteiger partial charge in [-0.2, -0.15) is 0 Å². The number of non-ortho nitro benzene ring substituents is 1. The van der Waals surface area contributed by atoms with Crippen molar-refractivity contribution >= 4 is 17.0 Å². The second-order valence-corrected chi connectivity index (χ2v) is 4.75. The van der Waals surface area contributed by atoms with Gasteiger partial charge in [0.15, 0.2) is 5.13 Å². The average Bonchev–Trinajstić information content (AvgIpc) is 3.09. The molecule has 3 rings (SSSR count). The Morgan fingerprint density at radius 3 is 2.74 bits per heavy atom. The van der Waals surface area contributed by atoms with E-state index in [4.69, 9.17) is 0 Å². The second-order valence-electron chi connectivity index (χ2n) is 3.91. The SMILES string of the molecule is O=[N+]([O-])c1cccc(-c2csc(-n3cccc3)n2)c1. The molecule has 0 atom stereocenters. The van der Waals surface area contributed by atoms with Crippen LogP contribution in [0.2, 0.25) is 0 Å². The summed E-state index contributed by atoms with van der Waals surface area (Å²) in [7, 11) is 0. The Morgan fingerprint density at radius 2 is 2.00 bits per heavy atom. The molecule has 0 aliphatic rings. The van der Waals surface area contributed by atoms with E-state index in [0.717, 1.165) is 16.4 Å². The van der Waals surface area contributed by atoms with Crippen molar-refractivity contribution in [3.8, 4) is 16.4 Å². The molecule has 0 spiro atoms. The number of hydrogen-bond donors (Lipinski definition) is 0. The minimum absolute atomic E-state index is 0.0769. The zero-order valence-corrected chi connectivity index (χ0v) is 10.6. The maximum atomic E-state index is 10.8. The highest BCUT2D eigenvalue weighted by molar-refractivity contribution is 7.12. The Hall–Kier alpha value is -2.47. The summed E-state index contributed by atoms with van der Waals surface area (Å²) in [5.74, 6) is 0. The molecule has 1 aromatic carbocycles. The summed E-state index contributed by atoms with van der Waals surface area (Å²) in [5, 5.41) is 13.5. The van der Waals surface area contributed by atoms with Crippen LogP contribution >= 0.6 is 11.3 Å². The number of benzene rings is 1. The highest BCUT2D eigenvalue weighted by Crippen LogP contribution is 2.26. The lowest BCUT2D eigenvalue weighted by Gasteiger charge is -1.97. The highest BCUT2D eigenvalue weighted by Gasteiger charge is 2.10. The van der Waals surface area contributed by atoms with E-state index < -0.39 is 4.92 Å². The van der Waals surface area contributed by atoms with Crippen LogP contribution in [0, 0.1) is 10.1 Å². The summed E-state index contributed by atoms with van der Waals surface area (Å²) in [6.45, 7) is 0. The molecule has 0 aliphatic heterocycles. The van der Waals surface area contributed by atoms with Gasteiger partial charge in [-0.25, -0.2) is 4.98 Å². The molecule has 2 aromatic heterocycles. The third kappa shape index (κ3) is 2.25. The van der Waals surface area contributed by atoms with Crippen LogP contribution in [0.25, 0.3) is 16.4 Å². The van der Waals surface area contributed by atoms with E-state index in [1.54, 1.807) is 6.07 Å². The van der Waals surface area contributed by atoms with Crippen LogP contribution in [0.3, 0.4) is 0 Å². The molecular weight excluding hydrogens is 262 g/mol. The molecule has 5 nitrogen and oxygen atoms in total. The number of thiazole rings is 1. The van der Waals surface area contributed by atoms with E-state index in [9.17, 15) is 10.1 Å². The van der Waals surface area contributed by atoms with Crippen molar-refractivity contribution in [2.75, 3.05) is 0 Å². The van der Waals surface area contributed by atoms with Crippen molar-refractivity contribution in [3.63, 3.8) is 0 Å². The molecular formula is C13H9N3O2S. The third-order valence-electron chi connectivity index (χ3n) is 2.67. The van der Waals surface area contributed by atoms with E-state index in [-0.39, 0.29) is 5.69 Å². The largest absolute Gasteiger partial charge is 0.300 e. The fourth-order valence-corrected chi connectivity index (χ4v) is 2.56. The molecule has 0 saturated heterocycles. The first-order chi connectivity index (χ1) is 9.24. The van der Waals surface area contributed by atoms with Gasteiger partial charge < -0.3 is 4.57 Å². The summed E-state index contributed by atoms with van der Waals surface area (Å²) >= 11 is 1.50. The van der Waals surface area contributed by atoms with Gasteiger partial charge in [0, 0.05) is 35.5 Å². The zero-order valence-electron chi connectivity index (χ0n) is 9.76. The Morgan fingerprint density at radius 1 is 1.21 bits per heavy atom. The molecule has 6 heteroatoms. The Bertz CT molecular complexity index is 719. The van der Waals surface area contributed by atoms with Crippen molar-refractivity contribution in [1.82, 2.24) is 9.55 Å². The third-order valence-corrected chi connectivity index (χ3v) is 3.52. The maximum Gasteiger partial charge on any atom is 0.270 e. The molecule has 0 saturated carbocycles. The first-order valence-electron chi connectivity index (χ1n) is 5.58. The van der Waals surface area contributed by atoms with Gasteiger partial charge in [-0.15, -0.1) is 11.3 Å². The highest BCUT2D eigenvalue weighted by atomic mass is 32.1. The molecule has 0 fully saturated rings. The zero-order chi connectivity index (χ0) is 13.2. The van der Waals surface area contributed by atoms with Crippen LogP contribution in [0.5, 0.6) is 0 Å². The average molecular weight is 271 g/mol. The number of aromatic nitrogens is 2. The second kappa shape index (κ2) is 4.66. The predicted octanol–water partition coefficient (Wildman–Crippen LogP) is 3.51. The maximum absolute atomic E-state index is 10.8. The van der Waals surface area contributed by atoms with Gasteiger partial charge in [0.2, 0.25) is 0 Å². The van der Waals surface area contributed by atoms with Gasteiger partial charge in [-0.1, -0.05) is 12.1 Å². The van der Waals surface area contributed by atoms with Gasteiger partial charge in [0.1, 0.15) is 0 Å². The van der Waals surface area contributed by atoms with Gasteiger partial charge in [0.05, 0.1) is 10.6 Å². The van der Waals surface area contributed by atoms with E-state index in [0.29, 0.717) is 0 Å². The van der Waals surface area contributed by atoms with Gasteiger partial charge >= 0.3 is 0 Å². The van der Waals surface area contributed by atoms with E-state index in [1.807, 2.05) is 40.5 Å². The van der Waals surface area contributed by atoms with Crippen LogP contribution in [-0.2, 0) is 0 Å². The molecule has 0 amide bonds. The van der Waals surface area contributed by atoms with E-state index in [2.05, 4.69) is 4.98 Å². The number of nitrogens with zero attached hydrogens (tertiary/aromatic N) is 3. The molecule has 0 unspecified atom stereocenters. The summed E-state index contributed by atoms with van der Waals surface area (Å²) in [4.78, 5) is 14.8. The van der Waals surface area contributed by atoms with Crippen molar-refractivity contribution in [2.45, 2.75) is 0 Å². The molecule has 19 heavy (non-hydrogen) atoms. The van der Waals surface area contributed by atoms with Crippen LogP contribution in [0.1, 0.15) is 0 Å².